The van der Waals surface area contributed by atoms with Crippen LogP contribution in [0.3, 0.4) is 0 Å². The second-order valence-corrected chi connectivity index (χ2v) is 3.84. The van der Waals surface area contributed by atoms with Crippen LogP contribution in [-0.2, 0) is 11.3 Å². The number of nitrogens with two attached hydrogens (primary N) is 1. The molecular weight excluding hydrogens is 236 g/mol. The first-order chi connectivity index (χ1) is 8.67. The zero-order valence-electron chi connectivity index (χ0n) is 10.8. The summed E-state index contributed by atoms with van der Waals surface area (Å²) in [5.41, 5.74) is 2.23. The Hall–Kier alpha value is -1.51. The van der Waals surface area contributed by atoms with Gasteiger partial charge in [-0.25, -0.2) is 5.84 Å². The molecule has 18 heavy (non-hydrogen) atoms. The quantitative estimate of drug-likeness (QED) is 0.264. The van der Waals surface area contributed by atoms with Crippen molar-refractivity contribution in [2.24, 2.45) is 5.84 Å². The minimum Gasteiger partial charge on any atom is -0.380 e. The number of aromatic nitrogens is 3. The standard InChI is InChI=1S/C10H20N6O2/c1-3-18-7-6-15(2)4-5-16-8-9(13-14-16)10(17)12-11/h8H,3-7,11H2,1-2H3,(H,12,17). The summed E-state index contributed by atoms with van der Waals surface area (Å²) in [5.74, 6) is 4.57. The van der Waals surface area contributed by atoms with Crippen molar-refractivity contribution < 1.29 is 9.53 Å². The smallest absolute Gasteiger partial charge is 0.287 e. The van der Waals surface area contributed by atoms with Crippen LogP contribution in [0.2, 0.25) is 0 Å². The minimum absolute atomic E-state index is 0.217. The fourth-order valence-electron chi connectivity index (χ4n) is 1.34. The summed E-state index contributed by atoms with van der Waals surface area (Å²) in [5, 5.41) is 7.56. The van der Waals surface area contributed by atoms with Gasteiger partial charge in [0.1, 0.15) is 0 Å². The molecule has 1 heterocycles. The molecule has 0 spiro atoms. The van der Waals surface area contributed by atoms with Gasteiger partial charge in [0.2, 0.25) is 0 Å². The van der Waals surface area contributed by atoms with Crippen molar-refractivity contribution in [3.63, 3.8) is 0 Å². The SMILES string of the molecule is CCOCCN(C)CCn1cc(C(=O)NN)nn1. The molecule has 0 aliphatic carbocycles. The molecule has 1 aromatic heterocycles. The van der Waals surface area contributed by atoms with Crippen LogP contribution in [0.5, 0.6) is 0 Å². The largest absolute Gasteiger partial charge is 0.380 e. The average molecular weight is 256 g/mol. The van der Waals surface area contributed by atoms with Crippen LogP contribution in [0.15, 0.2) is 6.20 Å². The molecule has 8 nitrogen and oxygen atoms in total. The monoisotopic (exact) mass is 256 g/mol. The van der Waals surface area contributed by atoms with Gasteiger partial charge < -0.3 is 9.64 Å². The van der Waals surface area contributed by atoms with E-state index >= 15 is 0 Å². The molecule has 0 saturated carbocycles. The summed E-state index contributed by atoms with van der Waals surface area (Å²) in [6.07, 6.45) is 1.57. The first-order valence-corrected chi connectivity index (χ1v) is 5.84. The zero-order chi connectivity index (χ0) is 13.4. The lowest BCUT2D eigenvalue weighted by Gasteiger charge is -2.15. The van der Waals surface area contributed by atoms with Gasteiger partial charge in [-0.2, -0.15) is 0 Å². The van der Waals surface area contributed by atoms with Gasteiger partial charge in [-0.1, -0.05) is 5.21 Å². The highest BCUT2D eigenvalue weighted by molar-refractivity contribution is 5.91. The van der Waals surface area contributed by atoms with Gasteiger partial charge in [0, 0.05) is 19.7 Å². The second-order valence-electron chi connectivity index (χ2n) is 3.84. The zero-order valence-corrected chi connectivity index (χ0v) is 10.8. The van der Waals surface area contributed by atoms with E-state index in [9.17, 15) is 4.79 Å². The van der Waals surface area contributed by atoms with Gasteiger partial charge in [0.25, 0.3) is 5.91 Å². The number of ether oxygens (including phenoxy) is 1. The number of hydrazine groups is 1. The van der Waals surface area contributed by atoms with Crippen molar-refractivity contribution in [2.45, 2.75) is 13.5 Å². The maximum Gasteiger partial charge on any atom is 0.287 e. The summed E-state index contributed by atoms with van der Waals surface area (Å²) in [4.78, 5) is 13.3. The molecular formula is C10H20N6O2. The Morgan fingerprint density at radius 3 is 3.06 bits per heavy atom. The Morgan fingerprint density at radius 2 is 2.39 bits per heavy atom. The summed E-state index contributed by atoms with van der Waals surface area (Å²) >= 11 is 0. The molecule has 1 rings (SSSR count). The van der Waals surface area contributed by atoms with Crippen molar-refractivity contribution in [1.29, 1.82) is 0 Å². The van der Waals surface area contributed by atoms with Crippen molar-refractivity contribution in [3.8, 4) is 0 Å². The maximum atomic E-state index is 11.2. The lowest BCUT2D eigenvalue weighted by Crippen LogP contribution is -2.30. The van der Waals surface area contributed by atoms with E-state index in [1.54, 1.807) is 10.9 Å². The van der Waals surface area contributed by atoms with Gasteiger partial charge in [0.05, 0.1) is 19.3 Å². The highest BCUT2D eigenvalue weighted by Crippen LogP contribution is 1.93. The first-order valence-electron chi connectivity index (χ1n) is 5.84. The number of carbonyl (C=O) groups excluding carboxylic acids is 1. The van der Waals surface area contributed by atoms with Crippen LogP contribution in [0.25, 0.3) is 0 Å². The Bertz CT molecular complexity index is 367. The molecule has 1 amide bonds. The number of nitrogens with one attached hydrogen (secondary N) is 1. The fourth-order valence-corrected chi connectivity index (χ4v) is 1.34. The lowest BCUT2D eigenvalue weighted by atomic mass is 10.4. The summed E-state index contributed by atoms with van der Waals surface area (Å²) < 4.78 is 6.88. The molecule has 8 heteroatoms. The van der Waals surface area contributed by atoms with E-state index in [0.717, 1.165) is 19.7 Å². The van der Waals surface area contributed by atoms with Gasteiger partial charge >= 0.3 is 0 Å². The van der Waals surface area contributed by atoms with Crippen LogP contribution >= 0.6 is 0 Å². The Labute approximate surface area is 106 Å². The van der Waals surface area contributed by atoms with E-state index in [2.05, 4.69) is 15.2 Å². The van der Waals surface area contributed by atoms with E-state index in [4.69, 9.17) is 10.6 Å². The van der Waals surface area contributed by atoms with E-state index in [1.165, 1.54) is 0 Å². The molecule has 0 aliphatic rings. The van der Waals surface area contributed by atoms with Crippen molar-refractivity contribution in [3.05, 3.63) is 11.9 Å². The van der Waals surface area contributed by atoms with Gasteiger partial charge in [-0.05, 0) is 14.0 Å². The topological polar surface area (TPSA) is 98.3 Å². The van der Waals surface area contributed by atoms with Crippen molar-refractivity contribution in [2.75, 3.05) is 33.4 Å². The first kappa shape index (κ1) is 14.6. The molecule has 1 aromatic rings. The highest BCUT2D eigenvalue weighted by atomic mass is 16.5. The molecule has 0 aromatic carbocycles. The fraction of sp³-hybridized carbons (Fsp3) is 0.700. The number of amides is 1. The number of carbonyl (C=O) groups is 1. The Morgan fingerprint density at radius 1 is 1.61 bits per heavy atom. The number of nitrogens with zero attached hydrogens (tertiary/aromatic N) is 4. The third-order valence-electron chi connectivity index (χ3n) is 2.43. The Balaban J connectivity index is 2.30. The summed E-state index contributed by atoms with van der Waals surface area (Å²) in [6.45, 7) is 5.74. The Kier molecular flexibility index (Phi) is 6.26. The third kappa shape index (κ3) is 4.78. The lowest BCUT2D eigenvalue weighted by molar-refractivity contribution is 0.0948. The predicted molar refractivity (Wildman–Crippen MR) is 65.7 cm³/mol. The number of hydrogen-bond donors (Lipinski definition) is 2. The van der Waals surface area contributed by atoms with Gasteiger partial charge in [-0.15, -0.1) is 5.10 Å². The molecule has 0 atom stereocenters. The van der Waals surface area contributed by atoms with E-state index in [1.807, 2.05) is 19.4 Å². The minimum atomic E-state index is -0.439. The molecule has 3 N–H and O–H groups in total. The second kappa shape index (κ2) is 7.75. The van der Waals surface area contributed by atoms with Crippen molar-refractivity contribution in [1.82, 2.24) is 25.3 Å². The van der Waals surface area contributed by atoms with Crippen LogP contribution in [0.1, 0.15) is 17.4 Å². The van der Waals surface area contributed by atoms with Crippen molar-refractivity contribution >= 4 is 5.91 Å². The molecule has 0 saturated heterocycles. The number of nitrogen functional groups attached to an aromatic ring is 1. The predicted octanol–water partition coefficient (Wildman–Crippen LogP) is -1.15. The summed E-state index contributed by atoms with van der Waals surface area (Å²) in [6, 6.07) is 0. The van der Waals surface area contributed by atoms with Crippen LogP contribution in [0.4, 0.5) is 0 Å². The maximum absolute atomic E-state index is 11.2. The van der Waals surface area contributed by atoms with Gasteiger partial charge in [0.15, 0.2) is 5.69 Å². The number of hydrogen-bond acceptors (Lipinski definition) is 6. The molecule has 102 valence electrons. The van der Waals surface area contributed by atoms with E-state index in [0.29, 0.717) is 13.2 Å². The van der Waals surface area contributed by atoms with Crippen LogP contribution in [0, 0.1) is 0 Å². The van der Waals surface area contributed by atoms with E-state index in [-0.39, 0.29) is 5.69 Å². The van der Waals surface area contributed by atoms with Gasteiger partial charge in [-0.3, -0.25) is 14.9 Å². The summed E-state index contributed by atoms with van der Waals surface area (Å²) in [7, 11) is 2.00. The van der Waals surface area contributed by atoms with Crippen LogP contribution < -0.4 is 11.3 Å². The highest BCUT2D eigenvalue weighted by Gasteiger charge is 2.08. The average Bonchev–Trinajstić information content (AvgIpc) is 2.84. The molecule has 0 radical (unpaired) electrons. The molecule has 0 bridgehead atoms. The molecule has 0 aliphatic heterocycles. The number of likely N-dealkylation sites (N-methyl/N-ethyl adjacent to an activating group) is 1. The number of rotatable bonds is 8. The molecule has 0 fully saturated rings. The third-order valence-corrected chi connectivity index (χ3v) is 2.43. The molecule has 0 unspecified atom stereocenters. The normalized spacial score (nSPS) is 10.9. The van der Waals surface area contributed by atoms with E-state index < -0.39 is 5.91 Å². The van der Waals surface area contributed by atoms with Crippen LogP contribution in [-0.4, -0.2) is 59.2 Å².